The van der Waals surface area contributed by atoms with Gasteiger partial charge in [0.05, 0.1) is 64.1 Å². The van der Waals surface area contributed by atoms with Gasteiger partial charge in [0, 0.05) is 39.1 Å². The minimum absolute atomic E-state index is 0. The molecule has 2 heterocycles. The summed E-state index contributed by atoms with van der Waals surface area (Å²) < 4.78 is 65.3. The van der Waals surface area contributed by atoms with E-state index in [4.69, 9.17) is 81.3 Å². The summed E-state index contributed by atoms with van der Waals surface area (Å²) in [5.41, 5.74) is 0. The van der Waals surface area contributed by atoms with Gasteiger partial charge in [-0.1, -0.05) is 44.5 Å². The van der Waals surface area contributed by atoms with Gasteiger partial charge >= 0.3 is 66.0 Å². The van der Waals surface area contributed by atoms with E-state index in [-0.39, 0.29) is 56.5 Å². The predicted octanol–water partition coefficient (Wildman–Crippen LogP) is 6.26. The number of rotatable bonds is 32. The Balaban J connectivity index is -0.00000121. The first kappa shape index (κ1) is 78.9. The summed E-state index contributed by atoms with van der Waals surface area (Å²) in [5.74, 6) is -4.94. The molecule has 2 amide bonds. The van der Waals surface area contributed by atoms with Crippen LogP contribution >= 0.6 is 57.4 Å². The third-order valence-electron chi connectivity index (χ3n) is 9.70. The van der Waals surface area contributed by atoms with E-state index in [1.165, 1.54) is 39.5 Å². The van der Waals surface area contributed by atoms with Crippen LogP contribution in [0.3, 0.4) is 0 Å². The molecule has 0 aromatic carbocycles. The monoisotopic (exact) mass is 1240 g/mol. The summed E-state index contributed by atoms with van der Waals surface area (Å²) in [7, 11) is 2.18. The molecule has 78 heavy (non-hydrogen) atoms. The van der Waals surface area contributed by atoms with Crippen molar-refractivity contribution in [3.05, 3.63) is 12.8 Å². The number of ether oxygens (including phenoxy) is 12. The molecule has 0 aromatic rings. The SMILES string of the molecule is C.C=CN1CCCC1=O.CCOCCOCCOC(=O)C(C)OC(=O)C(C)OC(=O)C(C)CC(SC(=S)OCC)N1CCCC1=O.CCOCCOCCOC(=O)C(C)OC(=O)C(C)OC(=O)C(C)SC(=S)OCC.P[N]=[V]. The van der Waals surface area contributed by atoms with Gasteiger partial charge in [0.1, 0.15) is 18.5 Å². The van der Waals surface area contributed by atoms with Crippen LogP contribution in [0.25, 0.3) is 0 Å². The Hall–Kier alpha value is -3.37. The first-order chi connectivity index (χ1) is 36.6. The molecule has 8 unspecified atom stereocenters. The van der Waals surface area contributed by atoms with Crippen molar-refractivity contribution in [3.63, 3.8) is 0 Å². The Morgan fingerprint density at radius 1 is 0.590 bits per heavy atom. The molecule has 0 saturated carbocycles. The van der Waals surface area contributed by atoms with Gasteiger partial charge in [-0.25, -0.2) is 19.2 Å². The van der Waals surface area contributed by atoms with Crippen molar-refractivity contribution in [2.45, 2.75) is 144 Å². The van der Waals surface area contributed by atoms with Gasteiger partial charge in [-0.05, 0) is 112 Å². The van der Waals surface area contributed by atoms with Gasteiger partial charge in [-0.2, -0.15) is 0 Å². The molecule has 29 heteroatoms. The van der Waals surface area contributed by atoms with Crippen LogP contribution in [-0.4, -0.2) is 194 Å². The van der Waals surface area contributed by atoms with Crippen molar-refractivity contribution in [2.24, 2.45) is 9.48 Å². The van der Waals surface area contributed by atoms with E-state index in [0.717, 1.165) is 31.1 Å². The molecule has 2 saturated heterocycles. The molecule has 449 valence electrons. The molecule has 0 radical (unpaired) electrons. The van der Waals surface area contributed by atoms with E-state index in [0.29, 0.717) is 76.6 Å². The second-order valence-corrected chi connectivity index (χ2v) is 20.8. The average molecular weight is 1250 g/mol. The van der Waals surface area contributed by atoms with Crippen molar-refractivity contribution < 1.29 is 112 Å². The number of hydrogen-bond acceptors (Lipinski definition) is 25. The van der Waals surface area contributed by atoms with Crippen LogP contribution in [0.4, 0.5) is 0 Å². The third-order valence-corrected chi connectivity index (χ3v) is 12.4. The Morgan fingerprint density at radius 2 is 0.974 bits per heavy atom. The number of likely N-dealkylation sites (tertiary alicyclic amines) is 2. The normalized spacial score (nSPS) is 15.1. The molecule has 2 fully saturated rings. The van der Waals surface area contributed by atoms with Crippen LogP contribution in [0.15, 0.2) is 16.3 Å². The standard InChI is InChI=1S/C24H39NO10S2.C18H30O9S2.C6H9NO.CH4.H2NP.V/c1-6-30-11-12-31-13-14-33-22(28)17(4)35-23(29)18(5)34-21(27)16(3)15-20(37-24(36)32-7-2)25-10-8-9-19(25)26;1-6-22-8-9-23-10-11-25-15(19)12(3)26-16(20)13(4)27-17(21)14(5)29-18(28)24-7-2;1-2-7-5-3-4-6(7)8;;1-2;/h16-18,20H,6-15H2,1-5H3;12-14H,6-11H2,1-5H3;2H,1,3-5H2;1H4;2H2;. The Morgan fingerprint density at radius 3 is 1.36 bits per heavy atom. The van der Waals surface area contributed by atoms with Crippen LogP contribution in [-0.2, 0) is 112 Å². The molecule has 0 bridgehead atoms. The number of esters is 6. The van der Waals surface area contributed by atoms with E-state index < -0.39 is 76.8 Å². The second kappa shape index (κ2) is 49.4. The van der Waals surface area contributed by atoms with E-state index in [1.807, 2.05) is 20.8 Å². The molecular weight excluding hydrogens is 1160 g/mol. The Kier molecular flexibility index (Phi) is 50.0. The molecule has 0 aliphatic carbocycles. The fourth-order valence-electron chi connectivity index (χ4n) is 5.74. The zero-order valence-corrected chi connectivity index (χ0v) is 51.7. The predicted molar refractivity (Wildman–Crippen MR) is 300 cm³/mol. The number of amides is 2. The topological polar surface area (TPSA) is 266 Å². The number of thioether (sulfide) groups is 2. The van der Waals surface area contributed by atoms with Gasteiger partial charge in [-0.3, -0.25) is 19.2 Å². The van der Waals surface area contributed by atoms with Crippen LogP contribution in [0.5, 0.6) is 0 Å². The summed E-state index contributed by atoms with van der Waals surface area (Å²) in [4.78, 5) is 99.2. The Bertz CT molecular complexity index is 1830. The fraction of sp³-hybridized carbons (Fsp3) is 0.755. The van der Waals surface area contributed by atoms with E-state index in [2.05, 4.69) is 36.8 Å². The second-order valence-electron chi connectivity index (χ2n) is 15.8. The van der Waals surface area contributed by atoms with Crippen LogP contribution in [0.2, 0.25) is 0 Å². The molecule has 8 atom stereocenters. The number of carbonyl (C=O) groups excluding carboxylic acids is 8. The molecule has 0 aromatic heterocycles. The van der Waals surface area contributed by atoms with Crippen LogP contribution in [0.1, 0.15) is 109 Å². The molecule has 0 spiro atoms. The number of nitrogens with zero attached hydrogens (tertiary/aromatic N) is 3. The van der Waals surface area contributed by atoms with Gasteiger partial charge in [-0.15, -0.1) is 0 Å². The summed E-state index contributed by atoms with van der Waals surface area (Å²) in [6, 6.07) is 0. The fourth-order valence-corrected chi connectivity index (χ4v) is 8.51. The number of thiocarbonyl (C=S) groups is 2. The van der Waals surface area contributed by atoms with Crippen LogP contribution in [0, 0.1) is 5.92 Å². The van der Waals surface area contributed by atoms with Gasteiger partial charge in [0.25, 0.3) is 0 Å². The quantitative estimate of drug-likeness (QED) is 0.0236. The van der Waals surface area contributed by atoms with E-state index >= 15 is 0 Å². The average Bonchev–Trinajstić information content (AvgIpc) is 4.02. The molecular formula is C49H84N3O20PS4V. The zero-order chi connectivity index (χ0) is 58.7. The minimum atomic E-state index is -1.24. The maximum atomic E-state index is 12.7. The van der Waals surface area contributed by atoms with Gasteiger partial charge in [0.2, 0.25) is 20.6 Å². The molecule has 2 rings (SSSR count). The molecule has 2 aliphatic rings. The number of hydrogen-bond donors (Lipinski definition) is 0. The summed E-state index contributed by atoms with van der Waals surface area (Å²) in [6.45, 7) is 25.0. The van der Waals surface area contributed by atoms with Crippen molar-refractivity contribution in [3.8, 4) is 0 Å². The van der Waals surface area contributed by atoms with E-state index in [9.17, 15) is 38.4 Å². The maximum absolute atomic E-state index is 12.7. The first-order valence-electron chi connectivity index (χ1n) is 25.0. The first-order valence-corrected chi connectivity index (χ1v) is 28.7. The van der Waals surface area contributed by atoms with Gasteiger partial charge < -0.3 is 66.6 Å². The third kappa shape index (κ3) is 38.3. The van der Waals surface area contributed by atoms with Crippen LogP contribution < -0.4 is 0 Å². The summed E-state index contributed by atoms with van der Waals surface area (Å²) in [5, 5.41) is -1.05. The Labute approximate surface area is 491 Å². The zero-order valence-electron chi connectivity index (χ0n) is 45.9. The van der Waals surface area contributed by atoms with Crippen molar-refractivity contribution in [1.29, 1.82) is 0 Å². The van der Waals surface area contributed by atoms with Gasteiger partial charge in [0.15, 0.2) is 24.4 Å². The molecule has 2 aliphatic heterocycles. The summed E-state index contributed by atoms with van der Waals surface area (Å²) >= 11 is 14.4. The number of carbonyl (C=O) groups is 8. The summed E-state index contributed by atoms with van der Waals surface area (Å²) in [6.07, 6.45) is -0.0337. The van der Waals surface area contributed by atoms with Crippen molar-refractivity contribution in [2.75, 3.05) is 92.4 Å². The van der Waals surface area contributed by atoms with Crippen molar-refractivity contribution in [1.82, 2.24) is 9.80 Å². The van der Waals surface area contributed by atoms with Crippen molar-refractivity contribution >= 4 is 114 Å². The molecule has 0 N–H and O–H groups in total. The molecule has 23 nitrogen and oxygen atoms in total. The van der Waals surface area contributed by atoms with E-state index in [1.54, 1.807) is 36.8 Å².